The highest BCUT2D eigenvalue weighted by Crippen LogP contribution is 2.38. The van der Waals surface area contributed by atoms with Crippen molar-refractivity contribution in [3.63, 3.8) is 0 Å². The number of aromatic nitrogens is 3. The summed E-state index contributed by atoms with van der Waals surface area (Å²) >= 11 is 6.89. The van der Waals surface area contributed by atoms with E-state index in [1.807, 2.05) is 13.0 Å². The van der Waals surface area contributed by atoms with Crippen LogP contribution >= 0.6 is 11.6 Å². The number of methoxy groups -OCH3 is 1. The van der Waals surface area contributed by atoms with Gasteiger partial charge in [-0.2, -0.15) is 0 Å². The molecular weight excluding hydrogens is 613 g/mol. The maximum Gasteiger partial charge on any atom is 0.274 e. The summed E-state index contributed by atoms with van der Waals surface area (Å²) in [6.07, 6.45) is 4.41. The molecule has 4 aromatic rings. The first-order chi connectivity index (χ1) is 22.3. The second kappa shape index (κ2) is 15.2. The highest BCUT2D eigenvalue weighted by atomic mass is 35.5. The van der Waals surface area contributed by atoms with Gasteiger partial charge in [-0.1, -0.05) is 29.8 Å². The molecule has 1 aliphatic rings. The zero-order valence-electron chi connectivity index (χ0n) is 25.5. The number of aliphatic hydroxyl groups excluding tert-OH is 1. The van der Waals surface area contributed by atoms with Crippen LogP contribution in [0, 0.1) is 12.7 Å². The Balaban J connectivity index is 1.34. The topological polar surface area (TPSA) is 150 Å². The van der Waals surface area contributed by atoms with E-state index in [0.29, 0.717) is 48.6 Å². The molecule has 11 nitrogen and oxygen atoms in total. The SMILES string of the molecule is COc1nc(-c2ccnc(-c3cccc(NC(=O)c4ccc(CNCCO)cn4)c3C)c2Cl)cc(F)c1CNC[C@H]1CCC(=O)N1. The predicted octanol–water partition coefficient (Wildman–Crippen LogP) is 4.02. The molecule has 5 N–H and O–H groups in total. The number of amides is 2. The van der Waals surface area contributed by atoms with Gasteiger partial charge in [0.15, 0.2) is 0 Å². The summed E-state index contributed by atoms with van der Waals surface area (Å²) in [5.74, 6) is -0.748. The monoisotopic (exact) mass is 647 g/mol. The number of hydrogen-bond acceptors (Lipinski definition) is 9. The van der Waals surface area contributed by atoms with Crippen molar-refractivity contribution in [3.05, 3.63) is 88.1 Å². The molecule has 2 amide bonds. The number of benzene rings is 1. The highest BCUT2D eigenvalue weighted by molar-refractivity contribution is 6.35. The molecule has 46 heavy (non-hydrogen) atoms. The quantitative estimate of drug-likeness (QED) is 0.136. The molecule has 0 bridgehead atoms. The smallest absolute Gasteiger partial charge is 0.274 e. The number of nitrogens with one attached hydrogen (secondary N) is 4. The number of ether oxygens (including phenoxy) is 1. The van der Waals surface area contributed by atoms with Crippen LogP contribution < -0.4 is 26.0 Å². The Morgan fingerprint density at radius 2 is 2.00 bits per heavy atom. The van der Waals surface area contributed by atoms with E-state index in [1.54, 1.807) is 42.7 Å². The second-order valence-electron chi connectivity index (χ2n) is 10.8. The Morgan fingerprint density at radius 3 is 2.72 bits per heavy atom. The lowest BCUT2D eigenvalue weighted by molar-refractivity contribution is -0.119. The van der Waals surface area contributed by atoms with E-state index in [9.17, 15) is 9.59 Å². The lowest BCUT2D eigenvalue weighted by Crippen LogP contribution is -2.35. The number of halogens is 2. The van der Waals surface area contributed by atoms with Crippen molar-refractivity contribution >= 4 is 29.1 Å². The molecule has 0 aliphatic carbocycles. The van der Waals surface area contributed by atoms with Crippen LogP contribution in [0.2, 0.25) is 5.02 Å². The van der Waals surface area contributed by atoms with Gasteiger partial charge in [0.25, 0.3) is 5.91 Å². The Kier molecular flexibility index (Phi) is 10.9. The minimum absolute atomic E-state index is 0.00675. The van der Waals surface area contributed by atoms with Crippen molar-refractivity contribution in [2.75, 3.05) is 32.1 Å². The average Bonchev–Trinajstić information content (AvgIpc) is 3.48. The number of carbonyl (C=O) groups excluding carboxylic acids is 2. The molecule has 5 rings (SSSR count). The van der Waals surface area contributed by atoms with Gasteiger partial charge in [-0.25, -0.2) is 9.37 Å². The number of aliphatic hydroxyl groups is 1. The molecule has 0 unspecified atom stereocenters. The van der Waals surface area contributed by atoms with Crippen LogP contribution in [0.15, 0.2) is 54.9 Å². The van der Waals surface area contributed by atoms with E-state index in [-0.39, 0.29) is 58.9 Å². The van der Waals surface area contributed by atoms with E-state index in [0.717, 1.165) is 17.5 Å². The maximum atomic E-state index is 15.4. The third-order valence-electron chi connectivity index (χ3n) is 7.68. The van der Waals surface area contributed by atoms with E-state index in [4.69, 9.17) is 21.4 Å². The Morgan fingerprint density at radius 1 is 1.15 bits per heavy atom. The molecule has 0 spiro atoms. The van der Waals surface area contributed by atoms with Crippen molar-refractivity contribution in [1.82, 2.24) is 30.9 Å². The number of pyridine rings is 3. The molecule has 1 atom stereocenters. The number of hydrogen-bond donors (Lipinski definition) is 5. The third-order valence-corrected chi connectivity index (χ3v) is 8.06. The van der Waals surface area contributed by atoms with Gasteiger partial charge < -0.3 is 31.1 Å². The zero-order chi connectivity index (χ0) is 32.6. The highest BCUT2D eigenvalue weighted by Gasteiger charge is 2.22. The van der Waals surface area contributed by atoms with Crippen LogP contribution in [-0.2, 0) is 17.9 Å². The van der Waals surface area contributed by atoms with Gasteiger partial charge in [-0.3, -0.25) is 19.6 Å². The average molecular weight is 648 g/mol. The van der Waals surface area contributed by atoms with E-state index < -0.39 is 5.82 Å². The van der Waals surface area contributed by atoms with Gasteiger partial charge in [0.1, 0.15) is 11.5 Å². The first kappa shape index (κ1) is 32.9. The summed E-state index contributed by atoms with van der Waals surface area (Å²) < 4.78 is 20.9. The first-order valence-corrected chi connectivity index (χ1v) is 15.2. The summed E-state index contributed by atoms with van der Waals surface area (Å²) in [4.78, 5) is 37.8. The summed E-state index contributed by atoms with van der Waals surface area (Å²) in [5.41, 5.74) is 4.54. The fraction of sp³-hybridized carbons (Fsp3) is 0.303. The summed E-state index contributed by atoms with van der Waals surface area (Å²) in [7, 11) is 1.43. The van der Waals surface area contributed by atoms with E-state index in [1.165, 1.54) is 13.2 Å². The molecule has 0 radical (unpaired) electrons. The van der Waals surface area contributed by atoms with Crippen LogP contribution in [-0.4, -0.2) is 64.7 Å². The van der Waals surface area contributed by atoms with Crippen molar-refractivity contribution in [3.8, 4) is 28.4 Å². The van der Waals surface area contributed by atoms with Gasteiger partial charge in [-0.15, -0.1) is 0 Å². The summed E-state index contributed by atoms with van der Waals surface area (Å²) in [5, 5.41) is 21.2. The minimum Gasteiger partial charge on any atom is -0.481 e. The molecule has 0 saturated carbocycles. The van der Waals surface area contributed by atoms with Crippen molar-refractivity contribution in [2.45, 2.75) is 38.9 Å². The van der Waals surface area contributed by atoms with Gasteiger partial charge in [-0.05, 0) is 42.7 Å². The van der Waals surface area contributed by atoms with Crippen LogP contribution in [0.4, 0.5) is 10.1 Å². The molecule has 240 valence electrons. The van der Waals surface area contributed by atoms with E-state index >= 15 is 4.39 Å². The largest absolute Gasteiger partial charge is 0.481 e. The number of nitrogens with zero attached hydrogens (tertiary/aromatic N) is 3. The fourth-order valence-electron chi connectivity index (χ4n) is 5.21. The molecule has 3 aromatic heterocycles. The van der Waals surface area contributed by atoms with Crippen LogP contribution in [0.3, 0.4) is 0 Å². The molecule has 1 fully saturated rings. The Labute approximate surface area is 271 Å². The molecule has 13 heteroatoms. The number of rotatable bonds is 13. The van der Waals surface area contributed by atoms with Crippen LogP contribution in [0.5, 0.6) is 5.88 Å². The van der Waals surface area contributed by atoms with Crippen molar-refractivity contribution in [2.24, 2.45) is 0 Å². The van der Waals surface area contributed by atoms with Gasteiger partial charge in [0, 0.05) is 73.9 Å². The fourth-order valence-corrected chi connectivity index (χ4v) is 5.52. The minimum atomic E-state index is -0.511. The first-order valence-electron chi connectivity index (χ1n) is 14.8. The molecule has 1 aromatic carbocycles. The third kappa shape index (κ3) is 7.65. The number of anilines is 1. The van der Waals surface area contributed by atoms with Crippen LogP contribution in [0.1, 0.15) is 40.0 Å². The predicted molar refractivity (Wildman–Crippen MR) is 173 cm³/mol. The number of carbonyl (C=O) groups is 2. The standard InChI is InChI=1S/C33H35ClFN7O4/c1-19-22(4-3-5-26(19)41-32(45)27-8-6-20(16-39-27)15-36-12-13-43)31-30(34)23(10-11-38-31)28-14-25(35)24(33(42-28)46-2)18-37-17-21-7-9-29(44)40-21/h3-6,8,10-11,14,16,21,36-37,43H,7,9,12-13,15,17-18H2,1-2H3,(H,40,44)(H,41,45)/t21-/m1/s1. The van der Waals surface area contributed by atoms with Gasteiger partial charge in [0.2, 0.25) is 11.8 Å². The molecule has 4 heterocycles. The van der Waals surface area contributed by atoms with Gasteiger partial charge >= 0.3 is 0 Å². The van der Waals surface area contributed by atoms with Crippen molar-refractivity contribution in [1.29, 1.82) is 0 Å². The van der Waals surface area contributed by atoms with Gasteiger partial charge in [0.05, 0.1) is 35.7 Å². The summed E-state index contributed by atoms with van der Waals surface area (Å²) in [6, 6.07) is 11.8. The Hall–Kier alpha value is -4.49. The maximum absolute atomic E-state index is 15.4. The molecule has 1 aliphatic heterocycles. The normalized spacial score (nSPS) is 14.3. The second-order valence-corrected chi connectivity index (χ2v) is 11.2. The Bertz CT molecular complexity index is 1720. The van der Waals surface area contributed by atoms with E-state index in [2.05, 4.69) is 36.2 Å². The molecule has 1 saturated heterocycles. The lowest BCUT2D eigenvalue weighted by Gasteiger charge is -2.16. The van der Waals surface area contributed by atoms with Crippen molar-refractivity contribution < 1.29 is 23.8 Å². The molecular formula is C33H35ClFN7O4. The summed E-state index contributed by atoms with van der Waals surface area (Å²) in [6.45, 7) is 3.55. The zero-order valence-corrected chi connectivity index (χ0v) is 26.2. The van der Waals surface area contributed by atoms with Crippen LogP contribution in [0.25, 0.3) is 22.5 Å². The lowest BCUT2D eigenvalue weighted by atomic mass is 10.0.